The van der Waals surface area contributed by atoms with Crippen molar-refractivity contribution in [3.05, 3.63) is 34.4 Å². The number of carbonyl (C=O) groups excluding carboxylic acids is 1. The molecule has 1 amide bonds. The van der Waals surface area contributed by atoms with Crippen molar-refractivity contribution in [2.45, 2.75) is 45.1 Å². The largest absolute Gasteiger partial charge is 0.493 e. The van der Waals surface area contributed by atoms with E-state index < -0.39 is 12.0 Å². The van der Waals surface area contributed by atoms with Crippen LogP contribution in [0, 0.1) is 0 Å². The molecule has 1 N–H and O–H groups in total. The Labute approximate surface area is 153 Å². The molecule has 6 nitrogen and oxygen atoms in total. The highest BCUT2D eigenvalue weighted by Crippen LogP contribution is 2.41. The molecule has 3 rings (SSSR count). The Bertz CT molecular complexity index is 768. The number of hydrogen-bond donors (Lipinski definition) is 1. The van der Waals surface area contributed by atoms with Crippen LogP contribution >= 0.6 is 0 Å². The van der Waals surface area contributed by atoms with Gasteiger partial charge < -0.3 is 19.5 Å². The minimum Gasteiger partial charge on any atom is -0.493 e. The molecule has 0 saturated carbocycles. The molecular weight excluding hydrogens is 334 g/mol. The number of carboxylic acids is 1. The van der Waals surface area contributed by atoms with Gasteiger partial charge >= 0.3 is 5.97 Å². The van der Waals surface area contributed by atoms with Crippen molar-refractivity contribution in [1.29, 1.82) is 0 Å². The van der Waals surface area contributed by atoms with Crippen LogP contribution in [0.3, 0.4) is 0 Å². The molecule has 1 unspecified atom stereocenters. The fraction of sp³-hybridized carbons (Fsp3) is 0.500. The van der Waals surface area contributed by atoms with Gasteiger partial charge in [0.1, 0.15) is 0 Å². The lowest BCUT2D eigenvalue weighted by atomic mass is 9.89. The van der Waals surface area contributed by atoms with Gasteiger partial charge in [-0.15, -0.1) is 0 Å². The first-order chi connectivity index (χ1) is 12.5. The Morgan fingerprint density at radius 1 is 1.15 bits per heavy atom. The number of carbonyl (C=O) groups is 2. The lowest BCUT2D eigenvalue weighted by molar-refractivity contribution is -0.140. The zero-order chi connectivity index (χ0) is 18.8. The normalized spacial score (nSPS) is 19.3. The molecule has 0 saturated heterocycles. The fourth-order valence-electron chi connectivity index (χ4n) is 4.01. The maximum atomic E-state index is 13.1. The average molecular weight is 359 g/mol. The number of rotatable bonds is 5. The number of fused-ring (bicyclic) bond motifs is 1. The standard InChI is InChI=1S/C20H25NO5/c1-12-5-4-6-14(12)20(24)21-8-7-13-9-17(25-2)18(26-3)10-15(13)16(21)11-19(22)23/h9-10,16H,4-8,11H2,1-3H3,(H,22,23). The van der Waals surface area contributed by atoms with Crippen LogP contribution < -0.4 is 9.47 Å². The van der Waals surface area contributed by atoms with Crippen molar-refractivity contribution in [3.63, 3.8) is 0 Å². The van der Waals surface area contributed by atoms with Crippen LogP contribution in [0.15, 0.2) is 23.3 Å². The Kier molecular flexibility index (Phi) is 5.20. The second-order valence-electron chi connectivity index (χ2n) is 6.88. The first kappa shape index (κ1) is 18.3. The quantitative estimate of drug-likeness (QED) is 0.874. The molecule has 1 atom stereocenters. The lowest BCUT2D eigenvalue weighted by Crippen LogP contribution is -2.41. The topological polar surface area (TPSA) is 76.1 Å². The zero-order valence-corrected chi connectivity index (χ0v) is 15.5. The third kappa shape index (κ3) is 3.28. The third-order valence-electron chi connectivity index (χ3n) is 5.38. The van der Waals surface area contributed by atoms with Gasteiger partial charge in [-0.1, -0.05) is 5.57 Å². The fourth-order valence-corrected chi connectivity index (χ4v) is 4.01. The van der Waals surface area contributed by atoms with Gasteiger partial charge in [-0.05, 0) is 55.9 Å². The molecular formula is C20H25NO5. The number of aliphatic carboxylic acids is 1. The zero-order valence-electron chi connectivity index (χ0n) is 15.5. The van der Waals surface area contributed by atoms with E-state index in [1.165, 1.54) is 0 Å². The van der Waals surface area contributed by atoms with E-state index >= 15 is 0 Å². The molecule has 26 heavy (non-hydrogen) atoms. The molecule has 1 aromatic carbocycles. The first-order valence-electron chi connectivity index (χ1n) is 8.92. The van der Waals surface area contributed by atoms with Gasteiger partial charge in [0.05, 0.1) is 26.7 Å². The average Bonchev–Trinajstić information content (AvgIpc) is 3.05. The van der Waals surface area contributed by atoms with Crippen LogP contribution in [0.4, 0.5) is 0 Å². The van der Waals surface area contributed by atoms with Crippen LogP contribution in [-0.4, -0.2) is 42.6 Å². The van der Waals surface area contributed by atoms with Crippen molar-refractivity contribution in [2.24, 2.45) is 0 Å². The van der Waals surface area contributed by atoms with E-state index in [1.54, 1.807) is 19.1 Å². The van der Waals surface area contributed by atoms with Crippen molar-refractivity contribution >= 4 is 11.9 Å². The van der Waals surface area contributed by atoms with Crippen molar-refractivity contribution in [2.75, 3.05) is 20.8 Å². The Hall–Kier alpha value is -2.50. The summed E-state index contributed by atoms with van der Waals surface area (Å²) >= 11 is 0. The Morgan fingerprint density at radius 3 is 2.42 bits per heavy atom. The molecule has 2 aliphatic rings. The predicted molar refractivity (Wildman–Crippen MR) is 96.5 cm³/mol. The van der Waals surface area contributed by atoms with Gasteiger partial charge in [0.25, 0.3) is 0 Å². The van der Waals surface area contributed by atoms with E-state index in [0.717, 1.165) is 41.5 Å². The molecule has 0 radical (unpaired) electrons. The second kappa shape index (κ2) is 7.40. The van der Waals surface area contributed by atoms with Crippen LogP contribution in [0.1, 0.15) is 49.8 Å². The van der Waals surface area contributed by atoms with Gasteiger partial charge in [-0.25, -0.2) is 0 Å². The number of allylic oxidation sites excluding steroid dienone is 1. The number of amides is 1. The Balaban J connectivity index is 2.02. The summed E-state index contributed by atoms with van der Waals surface area (Å²) in [5.41, 5.74) is 3.82. The number of benzene rings is 1. The molecule has 1 aliphatic carbocycles. The summed E-state index contributed by atoms with van der Waals surface area (Å²) in [5.74, 6) is 0.223. The molecule has 6 heteroatoms. The molecule has 0 spiro atoms. The number of carboxylic acid groups (broad SMARTS) is 1. The van der Waals surface area contributed by atoms with E-state index in [0.29, 0.717) is 24.5 Å². The summed E-state index contributed by atoms with van der Waals surface area (Å²) in [7, 11) is 3.13. The SMILES string of the molecule is COc1cc2c(cc1OC)C(CC(=O)O)N(C(=O)C1=C(C)CCC1)CC2. The summed E-state index contributed by atoms with van der Waals surface area (Å²) in [4.78, 5) is 26.3. The monoisotopic (exact) mass is 359 g/mol. The van der Waals surface area contributed by atoms with E-state index in [1.807, 2.05) is 19.1 Å². The summed E-state index contributed by atoms with van der Waals surface area (Å²) in [6, 6.07) is 3.21. The lowest BCUT2D eigenvalue weighted by Gasteiger charge is -2.37. The van der Waals surface area contributed by atoms with Crippen LogP contribution in [-0.2, 0) is 16.0 Å². The van der Waals surface area contributed by atoms with Crippen molar-refractivity contribution in [1.82, 2.24) is 4.90 Å². The molecule has 1 aliphatic heterocycles. The molecule has 0 aromatic heterocycles. The predicted octanol–water partition coefficient (Wildman–Crippen LogP) is 3.10. The van der Waals surface area contributed by atoms with Crippen molar-refractivity contribution < 1.29 is 24.2 Å². The number of methoxy groups -OCH3 is 2. The molecule has 1 aromatic rings. The maximum Gasteiger partial charge on any atom is 0.305 e. The molecule has 140 valence electrons. The van der Waals surface area contributed by atoms with Gasteiger partial charge in [-0.3, -0.25) is 9.59 Å². The highest BCUT2D eigenvalue weighted by Gasteiger charge is 2.35. The van der Waals surface area contributed by atoms with E-state index in [9.17, 15) is 14.7 Å². The van der Waals surface area contributed by atoms with Gasteiger partial charge in [0, 0.05) is 12.1 Å². The number of hydrogen-bond acceptors (Lipinski definition) is 4. The Morgan fingerprint density at radius 2 is 1.85 bits per heavy atom. The number of ether oxygens (including phenoxy) is 2. The van der Waals surface area contributed by atoms with Crippen LogP contribution in [0.2, 0.25) is 0 Å². The second-order valence-corrected chi connectivity index (χ2v) is 6.88. The summed E-state index contributed by atoms with van der Waals surface area (Å²) in [6.07, 6.45) is 3.26. The first-order valence-corrected chi connectivity index (χ1v) is 8.92. The van der Waals surface area contributed by atoms with Crippen LogP contribution in [0.25, 0.3) is 0 Å². The summed E-state index contributed by atoms with van der Waals surface area (Å²) in [6.45, 7) is 2.51. The highest BCUT2D eigenvalue weighted by atomic mass is 16.5. The highest BCUT2D eigenvalue weighted by molar-refractivity contribution is 5.95. The van der Waals surface area contributed by atoms with Crippen molar-refractivity contribution in [3.8, 4) is 11.5 Å². The molecule has 1 heterocycles. The maximum absolute atomic E-state index is 13.1. The minimum absolute atomic E-state index is 0.0216. The van der Waals surface area contributed by atoms with Gasteiger partial charge in [0.2, 0.25) is 5.91 Å². The molecule has 0 fully saturated rings. The van der Waals surface area contributed by atoms with E-state index in [-0.39, 0.29) is 12.3 Å². The van der Waals surface area contributed by atoms with Gasteiger partial charge in [0.15, 0.2) is 11.5 Å². The summed E-state index contributed by atoms with van der Waals surface area (Å²) in [5, 5.41) is 9.43. The minimum atomic E-state index is -0.924. The molecule has 0 bridgehead atoms. The number of nitrogens with zero attached hydrogens (tertiary/aromatic N) is 1. The van der Waals surface area contributed by atoms with Gasteiger partial charge in [-0.2, -0.15) is 0 Å². The van der Waals surface area contributed by atoms with E-state index in [4.69, 9.17) is 9.47 Å². The van der Waals surface area contributed by atoms with E-state index in [2.05, 4.69) is 0 Å². The third-order valence-corrected chi connectivity index (χ3v) is 5.38. The summed E-state index contributed by atoms with van der Waals surface area (Å²) < 4.78 is 10.7. The smallest absolute Gasteiger partial charge is 0.305 e. The van der Waals surface area contributed by atoms with Crippen LogP contribution in [0.5, 0.6) is 11.5 Å².